The van der Waals surface area contributed by atoms with Crippen molar-refractivity contribution in [2.45, 2.75) is 44.6 Å². The van der Waals surface area contributed by atoms with E-state index < -0.39 is 5.92 Å². The number of aliphatic hydroxyl groups excluding tert-OH is 1. The third-order valence-electron chi connectivity index (χ3n) is 5.17. The maximum Gasteiger partial charge on any atom is 0.234 e. The first-order valence-corrected chi connectivity index (χ1v) is 8.50. The second-order valence-electron chi connectivity index (χ2n) is 6.83. The van der Waals surface area contributed by atoms with E-state index >= 15 is 0 Å². The van der Waals surface area contributed by atoms with Crippen molar-refractivity contribution in [3.8, 4) is 0 Å². The molecule has 2 aliphatic rings. The van der Waals surface area contributed by atoms with Crippen molar-refractivity contribution in [1.29, 1.82) is 0 Å². The van der Waals surface area contributed by atoms with Gasteiger partial charge in [0.2, 0.25) is 11.8 Å². The zero-order valence-electron chi connectivity index (χ0n) is 13.8. The van der Waals surface area contributed by atoms with E-state index in [1.807, 2.05) is 11.8 Å². The van der Waals surface area contributed by atoms with Gasteiger partial charge in [-0.05, 0) is 49.8 Å². The highest BCUT2D eigenvalue weighted by Gasteiger charge is 2.30. The molecule has 0 spiro atoms. The van der Waals surface area contributed by atoms with Gasteiger partial charge in [-0.3, -0.25) is 14.9 Å². The van der Waals surface area contributed by atoms with E-state index in [9.17, 15) is 19.1 Å². The topological polar surface area (TPSA) is 69.6 Å². The van der Waals surface area contributed by atoms with Crippen molar-refractivity contribution in [2.24, 2.45) is 5.92 Å². The Morgan fingerprint density at radius 2 is 2.12 bits per heavy atom. The maximum absolute atomic E-state index is 14.7. The van der Waals surface area contributed by atoms with Crippen LogP contribution < -0.4 is 10.2 Å². The highest BCUT2D eigenvalue weighted by molar-refractivity contribution is 6.00. The average molecular weight is 334 g/mol. The standard InChI is InChI=1S/C18H23FN2O3/c1-11-8-12(10-22)6-7-21(11)16-4-2-13(9-15(16)19)14-3-5-17(23)20-18(14)24/h2,4,9,11-12,14,22H,3,5-8,10H2,1H3,(H,20,23,24). The molecule has 2 fully saturated rings. The summed E-state index contributed by atoms with van der Waals surface area (Å²) in [6.45, 7) is 2.92. The number of nitrogens with one attached hydrogen (secondary N) is 1. The molecular weight excluding hydrogens is 311 g/mol. The van der Waals surface area contributed by atoms with Crippen molar-refractivity contribution < 1.29 is 19.1 Å². The summed E-state index contributed by atoms with van der Waals surface area (Å²) >= 11 is 0. The van der Waals surface area contributed by atoms with E-state index in [4.69, 9.17) is 0 Å². The van der Waals surface area contributed by atoms with Gasteiger partial charge < -0.3 is 10.0 Å². The molecule has 2 N–H and O–H groups in total. The van der Waals surface area contributed by atoms with Gasteiger partial charge in [-0.15, -0.1) is 0 Å². The normalized spacial score (nSPS) is 28.0. The number of carbonyl (C=O) groups is 2. The monoisotopic (exact) mass is 334 g/mol. The average Bonchev–Trinajstić information content (AvgIpc) is 2.55. The van der Waals surface area contributed by atoms with Gasteiger partial charge in [0.15, 0.2) is 0 Å². The van der Waals surface area contributed by atoms with Crippen molar-refractivity contribution >= 4 is 17.5 Å². The molecule has 24 heavy (non-hydrogen) atoms. The predicted molar refractivity (Wildman–Crippen MR) is 88.1 cm³/mol. The van der Waals surface area contributed by atoms with E-state index in [2.05, 4.69) is 5.32 Å². The second-order valence-corrected chi connectivity index (χ2v) is 6.83. The molecule has 3 rings (SSSR count). The molecule has 2 aliphatic heterocycles. The lowest BCUT2D eigenvalue weighted by Crippen LogP contribution is -2.42. The third kappa shape index (κ3) is 3.29. The Hall–Kier alpha value is -1.95. The Bertz CT molecular complexity index is 649. The first kappa shape index (κ1) is 16.9. The van der Waals surface area contributed by atoms with Gasteiger partial charge in [0, 0.05) is 25.6 Å². The fourth-order valence-corrected chi connectivity index (χ4v) is 3.78. The number of rotatable bonds is 3. The van der Waals surface area contributed by atoms with Crippen LogP contribution in [0.2, 0.25) is 0 Å². The molecule has 5 nitrogen and oxygen atoms in total. The summed E-state index contributed by atoms with van der Waals surface area (Å²) in [4.78, 5) is 25.2. The number of hydrogen-bond donors (Lipinski definition) is 2. The fraction of sp³-hybridized carbons (Fsp3) is 0.556. The number of amides is 2. The number of piperidine rings is 2. The fourth-order valence-electron chi connectivity index (χ4n) is 3.78. The van der Waals surface area contributed by atoms with Crippen LogP contribution in [0, 0.1) is 11.7 Å². The highest BCUT2D eigenvalue weighted by Crippen LogP contribution is 2.33. The van der Waals surface area contributed by atoms with Gasteiger partial charge in [-0.2, -0.15) is 0 Å². The molecule has 0 aromatic heterocycles. The number of imide groups is 1. The summed E-state index contributed by atoms with van der Waals surface area (Å²) in [5.74, 6) is -1.15. The Morgan fingerprint density at radius 1 is 1.33 bits per heavy atom. The highest BCUT2D eigenvalue weighted by atomic mass is 19.1. The van der Waals surface area contributed by atoms with Crippen LogP contribution in [0.15, 0.2) is 18.2 Å². The molecule has 0 aliphatic carbocycles. The SMILES string of the molecule is CC1CC(CO)CCN1c1ccc(C2CCC(=O)NC2=O)cc1F. The Morgan fingerprint density at radius 3 is 2.75 bits per heavy atom. The van der Waals surface area contributed by atoms with Crippen LogP contribution in [0.5, 0.6) is 0 Å². The van der Waals surface area contributed by atoms with E-state index in [1.54, 1.807) is 12.1 Å². The third-order valence-corrected chi connectivity index (χ3v) is 5.17. The molecule has 1 aromatic carbocycles. The molecule has 1 aromatic rings. The minimum absolute atomic E-state index is 0.159. The molecular formula is C18H23FN2O3. The van der Waals surface area contributed by atoms with E-state index in [0.717, 1.165) is 12.8 Å². The first-order valence-electron chi connectivity index (χ1n) is 8.50. The van der Waals surface area contributed by atoms with E-state index in [1.165, 1.54) is 6.07 Å². The molecule has 2 amide bonds. The summed E-state index contributed by atoms with van der Waals surface area (Å²) in [6.07, 6.45) is 2.38. The van der Waals surface area contributed by atoms with Gasteiger partial charge in [0.25, 0.3) is 0 Å². The van der Waals surface area contributed by atoms with Gasteiger partial charge >= 0.3 is 0 Å². The number of anilines is 1. The van der Waals surface area contributed by atoms with Crippen LogP contribution in [0.3, 0.4) is 0 Å². The van der Waals surface area contributed by atoms with Crippen LogP contribution in [-0.2, 0) is 9.59 Å². The summed E-state index contributed by atoms with van der Waals surface area (Å²) < 4.78 is 14.7. The first-order chi connectivity index (χ1) is 11.5. The molecule has 0 radical (unpaired) electrons. The number of hydrogen-bond acceptors (Lipinski definition) is 4. The van der Waals surface area contributed by atoms with Crippen LogP contribution in [0.4, 0.5) is 10.1 Å². The Kier molecular flexibility index (Phi) is 4.85. The molecule has 0 saturated carbocycles. The molecule has 130 valence electrons. The van der Waals surface area contributed by atoms with Gasteiger partial charge in [-0.25, -0.2) is 4.39 Å². The number of benzene rings is 1. The van der Waals surface area contributed by atoms with Crippen molar-refractivity contribution in [1.82, 2.24) is 5.32 Å². The summed E-state index contributed by atoms with van der Waals surface area (Å²) in [7, 11) is 0. The number of halogens is 1. The van der Waals surface area contributed by atoms with Gasteiger partial charge in [-0.1, -0.05) is 6.07 Å². The zero-order valence-corrected chi connectivity index (χ0v) is 13.8. The lowest BCUT2D eigenvalue weighted by Gasteiger charge is -2.39. The van der Waals surface area contributed by atoms with Gasteiger partial charge in [0.05, 0.1) is 11.6 Å². The molecule has 6 heteroatoms. The number of nitrogens with zero attached hydrogens (tertiary/aromatic N) is 1. The van der Waals surface area contributed by atoms with Crippen molar-refractivity contribution in [2.75, 3.05) is 18.1 Å². The zero-order chi connectivity index (χ0) is 17.3. The summed E-state index contributed by atoms with van der Waals surface area (Å²) in [5.41, 5.74) is 1.15. The maximum atomic E-state index is 14.7. The molecule has 2 heterocycles. The van der Waals surface area contributed by atoms with Crippen LogP contribution >= 0.6 is 0 Å². The lowest BCUT2D eigenvalue weighted by atomic mass is 9.89. The van der Waals surface area contributed by atoms with Crippen molar-refractivity contribution in [3.05, 3.63) is 29.6 Å². The lowest BCUT2D eigenvalue weighted by molar-refractivity contribution is -0.134. The Balaban J connectivity index is 1.78. The molecule has 0 bridgehead atoms. The Labute approximate surface area is 140 Å². The second kappa shape index (κ2) is 6.89. The van der Waals surface area contributed by atoms with E-state index in [0.29, 0.717) is 24.2 Å². The summed E-state index contributed by atoms with van der Waals surface area (Å²) in [6, 6.07) is 5.08. The predicted octanol–water partition coefficient (Wildman–Crippen LogP) is 1.94. The quantitative estimate of drug-likeness (QED) is 0.829. The van der Waals surface area contributed by atoms with Crippen LogP contribution in [0.1, 0.15) is 44.1 Å². The molecule has 2 saturated heterocycles. The minimum Gasteiger partial charge on any atom is -0.396 e. The van der Waals surface area contributed by atoms with Gasteiger partial charge in [0.1, 0.15) is 5.82 Å². The van der Waals surface area contributed by atoms with E-state index in [-0.39, 0.29) is 42.6 Å². The molecule has 3 unspecified atom stereocenters. The van der Waals surface area contributed by atoms with Crippen molar-refractivity contribution in [3.63, 3.8) is 0 Å². The summed E-state index contributed by atoms with van der Waals surface area (Å²) in [5, 5.41) is 11.6. The van der Waals surface area contributed by atoms with Crippen LogP contribution in [-0.4, -0.2) is 36.1 Å². The smallest absolute Gasteiger partial charge is 0.234 e. The minimum atomic E-state index is -0.469. The molecule has 3 atom stereocenters. The number of aliphatic hydroxyl groups is 1. The largest absolute Gasteiger partial charge is 0.396 e. The number of carbonyl (C=O) groups excluding carboxylic acids is 2. The van der Waals surface area contributed by atoms with Crippen LogP contribution in [0.25, 0.3) is 0 Å².